The molecule has 0 aliphatic heterocycles. The van der Waals surface area contributed by atoms with Crippen molar-refractivity contribution in [2.75, 3.05) is 13.7 Å². The SMILES string of the molecule is COc1ccccc1Cc1c(CN(CCC(C)C)C(=O)Cc2ccccc2Cl)nc2ccccn12. The number of amides is 1. The van der Waals surface area contributed by atoms with E-state index in [9.17, 15) is 4.79 Å². The van der Waals surface area contributed by atoms with Crippen molar-refractivity contribution in [2.24, 2.45) is 5.92 Å². The van der Waals surface area contributed by atoms with Crippen LogP contribution in [0.25, 0.3) is 5.65 Å². The van der Waals surface area contributed by atoms with Gasteiger partial charge in [0, 0.05) is 29.7 Å². The highest BCUT2D eigenvalue weighted by molar-refractivity contribution is 6.31. The van der Waals surface area contributed by atoms with Crippen LogP contribution in [-0.4, -0.2) is 33.8 Å². The number of carbonyl (C=O) groups is 1. The molecule has 2 aromatic heterocycles. The van der Waals surface area contributed by atoms with E-state index >= 15 is 0 Å². The Hall–Kier alpha value is -3.31. The molecule has 182 valence electrons. The molecule has 0 bridgehead atoms. The van der Waals surface area contributed by atoms with Crippen molar-refractivity contribution in [3.05, 3.63) is 100 Å². The maximum absolute atomic E-state index is 13.5. The molecule has 4 aromatic rings. The molecular weight excluding hydrogens is 458 g/mol. The first-order valence-corrected chi connectivity index (χ1v) is 12.4. The maximum atomic E-state index is 13.5. The van der Waals surface area contributed by atoms with Crippen molar-refractivity contribution in [1.82, 2.24) is 14.3 Å². The number of ether oxygens (including phenoxy) is 1. The zero-order valence-corrected chi connectivity index (χ0v) is 21.3. The van der Waals surface area contributed by atoms with Gasteiger partial charge in [0.25, 0.3) is 0 Å². The zero-order valence-electron chi connectivity index (χ0n) is 20.6. The molecule has 35 heavy (non-hydrogen) atoms. The average Bonchev–Trinajstić information content (AvgIpc) is 3.20. The monoisotopic (exact) mass is 489 g/mol. The van der Waals surface area contributed by atoms with Crippen LogP contribution < -0.4 is 4.74 Å². The van der Waals surface area contributed by atoms with E-state index in [1.165, 1.54) is 0 Å². The Bertz CT molecular complexity index is 1300. The van der Waals surface area contributed by atoms with Gasteiger partial charge in [-0.2, -0.15) is 0 Å². The van der Waals surface area contributed by atoms with Crippen LogP contribution in [0.15, 0.2) is 72.9 Å². The average molecular weight is 490 g/mol. The molecule has 0 saturated heterocycles. The number of hydrogen-bond acceptors (Lipinski definition) is 3. The highest BCUT2D eigenvalue weighted by Crippen LogP contribution is 2.25. The summed E-state index contributed by atoms with van der Waals surface area (Å²) in [6, 6.07) is 21.6. The standard InChI is InChI=1S/C29H32ClN3O2/c1-21(2)15-17-32(29(34)19-22-10-4-6-12-24(22)30)20-25-26(33-16-9-8-14-28(33)31-25)18-23-11-5-7-13-27(23)35-3/h4-14,16,21H,15,17-20H2,1-3H3. The van der Waals surface area contributed by atoms with Gasteiger partial charge in [0.1, 0.15) is 11.4 Å². The molecule has 0 unspecified atom stereocenters. The van der Waals surface area contributed by atoms with E-state index in [1.807, 2.05) is 71.8 Å². The minimum absolute atomic E-state index is 0.0547. The molecular formula is C29H32ClN3O2. The molecule has 0 saturated carbocycles. The van der Waals surface area contributed by atoms with Crippen LogP contribution in [0.3, 0.4) is 0 Å². The normalized spacial score (nSPS) is 11.2. The molecule has 0 spiro atoms. The first kappa shape index (κ1) is 24.8. The molecule has 2 heterocycles. The Morgan fingerprint density at radius 1 is 1.03 bits per heavy atom. The molecule has 5 nitrogen and oxygen atoms in total. The lowest BCUT2D eigenvalue weighted by molar-refractivity contribution is -0.131. The van der Waals surface area contributed by atoms with E-state index in [-0.39, 0.29) is 12.3 Å². The van der Waals surface area contributed by atoms with Crippen LogP contribution in [0, 0.1) is 5.92 Å². The third-order valence-corrected chi connectivity index (χ3v) is 6.60. The predicted molar refractivity (Wildman–Crippen MR) is 141 cm³/mol. The van der Waals surface area contributed by atoms with E-state index in [2.05, 4.69) is 24.3 Å². The Morgan fingerprint density at radius 2 is 1.74 bits per heavy atom. The zero-order chi connectivity index (χ0) is 24.8. The van der Waals surface area contributed by atoms with Gasteiger partial charge in [-0.1, -0.05) is 67.9 Å². The van der Waals surface area contributed by atoms with Crippen molar-refractivity contribution in [3.63, 3.8) is 0 Å². The Balaban J connectivity index is 1.67. The van der Waals surface area contributed by atoms with E-state index in [1.54, 1.807) is 7.11 Å². The number of benzene rings is 2. The van der Waals surface area contributed by atoms with E-state index in [0.29, 0.717) is 30.5 Å². The van der Waals surface area contributed by atoms with Crippen molar-refractivity contribution in [2.45, 2.75) is 39.7 Å². The number of fused-ring (bicyclic) bond motifs is 1. The molecule has 2 aromatic carbocycles. The summed E-state index contributed by atoms with van der Waals surface area (Å²) in [6.45, 7) is 5.47. The van der Waals surface area contributed by atoms with Gasteiger partial charge in [-0.15, -0.1) is 0 Å². The summed E-state index contributed by atoms with van der Waals surface area (Å²) in [5.41, 5.74) is 4.76. The fraction of sp³-hybridized carbons (Fsp3) is 0.310. The van der Waals surface area contributed by atoms with Crippen LogP contribution in [-0.2, 0) is 24.2 Å². The quantitative estimate of drug-likeness (QED) is 0.266. The number of methoxy groups -OCH3 is 1. The second kappa shape index (κ2) is 11.4. The fourth-order valence-electron chi connectivity index (χ4n) is 4.24. The molecule has 0 aliphatic rings. The van der Waals surface area contributed by atoms with Crippen molar-refractivity contribution >= 4 is 23.2 Å². The molecule has 0 atom stereocenters. The van der Waals surface area contributed by atoms with Gasteiger partial charge in [0.15, 0.2) is 0 Å². The lowest BCUT2D eigenvalue weighted by Gasteiger charge is -2.24. The summed E-state index contributed by atoms with van der Waals surface area (Å²) < 4.78 is 7.71. The van der Waals surface area contributed by atoms with Crippen LogP contribution in [0.2, 0.25) is 5.02 Å². The Morgan fingerprint density at radius 3 is 2.49 bits per heavy atom. The first-order chi connectivity index (χ1) is 17.0. The maximum Gasteiger partial charge on any atom is 0.227 e. The second-order valence-electron chi connectivity index (χ2n) is 9.19. The van der Waals surface area contributed by atoms with E-state index in [0.717, 1.165) is 40.3 Å². The number of aromatic nitrogens is 2. The molecule has 0 fully saturated rings. The van der Waals surface area contributed by atoms with Crippen molar-refractivity contribution in [3.8, 4) is 5.75 Å². The number of rotatable bonds is 10. The van der Waals surface area contributed by atoms with Crippen LogP contribution >= 0.6 is 11.6 Å². The molecule has 4 rings (SSSR count). The summed E-state index contributed by atoms with van der Waals surface area (Å²) >= 11 is 6.36. The van der Waals surface area contributed by atoms with Gasteiger partial charge < -0.3 is 14.0 Å². The molecule has 0 aliphatic carbocycles. The molecule has 1 amide bonds. The molecule has 0 N–H and O–H groups in total. The number of carbonyl (C=O) groups excluding carboxylic acids is 1. The summed E-state index contributed by atoms with van der Waals surface area (Å²) in [5, 5.41) is 0.620. The lowest BCUT2D eigenvalue weighted by atomic mass is 10.1. The van der Waals surface area contributed by atoms with Gasteiger partial charge in [-0.25, -0.2) is 4.98 Å². The first-order valence-electron chi connectivity index (χ1n) is 12.0. The lowest BCUT2D eigenvalue weighted by Crippen LogP contribution is -2.34. The third kappa shape index (κ3) is 6.04. The number of para-hydroxylation sites is 1. The highest BCUT2D eigenvalue weighted by Gasteiger charge is 2.21. The number of hydrogen-bond donors (Lipinski definition) is 0. The van der Waals surface area contributed by atoms with Gasteiger partial charge in [-0.3, -0.25) is 4.79 Å². The molecule has 0 radical (unpaired) electrons. The van der Waals surface area contributed by atoms with Gasteiger partial charge in [0.2, 0.25) is 5.91 Å². The number of imidazole rings is 1. The number of pyridine rings is 1. The highest BCUT2D eigenvalue weighted by atomic mass is 35.5. The van der Waals surface area contributed by atoms with Gasteiger partial charge >= 0.3 is 0 Å². The van der Waals surface area contributed by atoms with Crippen LogP contribution in [0.1, 0.15) is 42.8 Å². The van der Waals surface area contributed by atoms with Gasteiger partial charge in [-0.05, 0) is 42.2 Å². The third-order valence-electron chi connectivity index (χ3n) is 6.23. The van der Waals surface area contributed by atoms with Gasteiger partial charge in [0.05, 0.1) is 31.5 Å². The molecule has 6 heteroatoms. The van der Waals surface area contributed by atoms with Crippen LogP contribution in [0.4, 0.5) is 0 Å². The van der Waals surface area contributed by atoms with Crippen molar-refractivity contribution < 1.29 is 9.53 Å². The smallest absolute Gasteiger partial charge is 0.227 e. The summed E-state index contributed by atoms with van der Waals surface area (Å²) in [4.78, 5) is 20.3. The Labute approximate surface area is 212 Å². The van der Waals surface area contributed by atoms with E-state index in [4.69, 9.17) is 21.3 Å². The number of nitrogens with zero attached hydrogens (tertiary/aromatic N) is 3. The summed E-state index contributed by atoms with van der Waals surface area (Å²) in [5.74, 6) is 1.38. The van der Waals surface area contributed by atoms with E-state index < -0.39 is 0 Å². The summed E-state index contributed by atoms with van der Waals surface area (Å²) in [7, 11) is 1.69. The fourth-order valence-corrected chi connectivity index (χ4v) is 4.44. The topological polar surface area (TPSA) is 46.8 Å². The second-order valence-corrected chi connectivity index (χ2v) is 9.60. The predicted octanol–water partition coefficient (Wildman–Crippen LogP) is 6.20. The Kier molecular flexibility index (Phi) is 8.09. The minimum atomic E-state index is 0.0547. The summed E-state index contributed by atoms with van der Waals surface area (Å²) in [6.07, 6.45) is 3.87. The number of halogens is 1. The van der Waals surface area contributed by atoms with Crippen molar-refractivity contribution in [1.29, 1.82) is 0 Å². The largest absolute Gasteiger partial charge is 0.496 e. The minimum Gasteiger partial charge on any atom is -0.496 e. The van der Waals surface area contributed by atoms with Crippen LogP contribution in [0.5, 0.6) is 5.75 Å².